The average Bonchev–Trinajstić information content (AvgIpc) is 3.05. The highest BCUT2D eigenvalue weighted by Crippen LogP contribution is 2.18. The first-order valence-electron chi connectivity index (χ1n) is 5.75. The maximum atomic E-state index is 11.8. The second-order valence-corrected chi connectivity index (χ2v) is 5.87. The molecule has 5 heteroatoms. The monoisotopic (exact) mass is 279 g/mol. The molecule has 0 saturated carbocycles. The molecule has 0 aliphatic carbocycles. The molecule has 0 atom stereocenters. The first-order valence-corrected chi connectivity index (χ1v) is 7.45. The van der Waals surface area contributed by atoms with Crippen LogP contribution in [0, 0.1) is 0 Å². The maximum Gasteiger partial charge on any atom is 0.191 e. The SMILES string of the molecule is CCC(=O)c1ncc(CCC(=O)c2cccs2)s1. The summed E-state index contributed by atoms with van der Waals surface area (Å²) in [6.07, 6.45) is 3.31. The van der Waals surface area contributed by atoms with Crippen LogP contribution in [0.25, 0.3) is 0 Å². The number of Topliss-reactive ketones (excluding diaryl/α,β-unsaturated/α-hetero) is 2. The van der Waals surface area contributed by atoms with Crippen molar-refractivity contribution >= 4 is 34.2 Å². The number of aromatic nitrogens is 1. The Morgan fingerprint density at radius 1 is 1.33 bits per heavy atom. The third-order valence-electron chi connectivity index (χ3n) is 2.51. The Kier molecular flexibility index (Phi) is 4.38. The number of ketones is 2. The second kappa shape index (κ2) is 6.02. The van der Waals surface area contributed by atoms with Gasteiger partial charge in [-0.3, -0.25) is 9.59 Å². The highest BCUT2D eigenvalue weighted by molar-refractivity contribution is 7.13. The Morgan fingerprint density at radius 3 is 2.83 bits per heavy atom. The van der Waals surface area contributed by atoms with Gasteiger partial charge in [0, 0.05) is 23.9 Å². The summed E-state index contributed by atoms with van der Waals surface area (Å²) < 4.78 is 0. The number of carbonyl (C=O) groups is 2. The van der Waals surface area contributed by atoms with E-state index >= 15 is 0 Å². The van der Waals surface area contributed by atoms with Gasteiger partial charge in [-0.15, -0.1) is 22.7 Å². The molecule has 0 unspecified atom stereocenters. The number of hydrogen-bond acceptors (Lipinski definition) is 5. The van der Waals surface area contributed by atoms with Crippen molar-refractivity contribution in [3.05, 3.63) is 38.5 Å². The lowest BCUT2D eigenvalue weighted by Crippen LogP contribution is -1.97. The lowest BCUT2D eigenvalue weighted by Gasteiger charge is -1.95. The van der Waals surface area contributed by atoms with E-state index in [0.717, 1.165) is 9.75 Å². The fourth-order valence-electron chi connectivity index (χ4n) is 1.50. The summed E-state index contributed by atoms with van der Waals surface area (Å²) in [7, 11) is 0. The highest BCUT2D eigenvalue weighted by atomic mass is 32.1. The van der Waals surface area contributed by atoms with Crippen molar-refractivity contribution in [2.45, 2.75) is 26.2 Å². The molecule has 2 aromatic heterocycles. The largest absolute Gasteiger partial charge is 0.293 e. The Balaban J connectivity index is 1.93. The predicted molar refractivity (Wildman–Crippen MR) is 73.7 cm³/mol. The maximum absolute atomic E-state index is 11.8. The molecule has 0 aromatic carbocycles. The van der Waals surface area contributed by atoms with Crippen LogP contribution in [0.4, 0.5) is 0 Å². The van der Waals surface area contributed by atoms with Crippen molar-refractivity contribution in [3.63, 3.8) is 0 Å². The normalized spacial score (nSPS) is 10.5. The summed E-state index contributed by atoms with van der Waals surface area (Å²) in [5.74, 6) is 0.220. The summed E-state index contributed by atoms with van der Waals surface area (Å²) in [6, 6.07) is 3.72. The Labute approximate surface area is 114 Å². The summed E-state index contributed by atoms with van der Waals surface area (Å²) in [6.45, 7) is 1.82. The quantitative estimate of drug-likeness (QED) is 0.759. The lowest BCUT2D eigenvalue weighted by atomic mass is 10.2. The van der Waals surface area contributed by atoms with E-state index in [9.17, 15) is 9.59 Å². The second-order valence-electron chi connectivity index (χ2n) is 3.81. The van der Waals surface area contributed by atoms with Crippen LogP contribution in [0.2, 0.25) is 0 Å². The van der Waals surface area contributed by atoms with E-state index in [-0.39, 0.29) is 11.6 Å². The van der Waals surface area contributed by atoms with Crippen molar-refractivity contribution in [2.75, 3.05) is 0 Å². The van der Waals surface area contributed by atoms with E-state index < -0.39 is 0 Å². The molecule has 2 rings (SSSR count). The van der Waals surface area contributed by atoms with Gasteiger partial charge in [0.25, 0.3) is 0 Å². The van der Waals surface area contributed by atoms with Gasteiger partial charge in [-0.1, -0.05) is 13.0 Å². The first kappa shape index (κ1) is 13.1. The summed E-state index contributed by atoms with van der Waals surface area (Å²) in [5, 5.41) is 2.45. The molecule has 0 amide bonds. The van der Waals surface area contributed by atoms with E-state index in [2.05, 4.69) is 4.98 Å². The summed E-state index contributed by atoms with van der Waals surface area (Å²) >= 11 is 2.86. The molecule has 0 bridgehead atoms. The standard InChI is InChI=1S/C13H13NO2S2/c1-2-10(15)13-14-8-9(18-13)5-6-11(16)12-4-3-7-17-12/h3-4,7-8H,2,5-6H2,1H3. The predicted octanol–water partition coefficient (Wildman–Crippen LogP) is 3.61. The van der Waals surface area contributed by atoms with Crippen LogP contribution < -0.4 is 0 Å². The van der Waals surface area contributed by atoms with Gasteiger partial charge in [0.2, 0.25) is 0 Å². The zero-order valence-corrected chi connectivity index (χ0v) is 11.6. The molecule has 0 radical (unpaired) electrons. The van der Waals surface area contributed by atoms with Gasteiger partial charge in [0.1, 0.15) is 0 Å². The molecule has 0 spiro atoms. The third-order valence-corrected chi connectivity index (χ3v) is 4.52. The van der Waals surface area contributed by atoms with Gasteiger partial charge in [-0.05, 0) is 17.9 Å². The molecule has 0 aliphatic heterocycles. The van der Waals surface area contributed by atoms with Gasteiger partial charge in [-0.2, -0.15) is 0 Å². The number of carbonyl (C=O) groups excluding carboxylic acids is 2. The van der Waals surface area contributed by atoms with E-state index in [4.69, 9.17) is 0 Å². The van der Waals surface area contributed by atoms with E-state index in [0.29, 0.717) is 24.3 Å². The number of thiophene rings is 1. The fourth-order valence-corrected chi connectivity index (χ4v) is 3.12. The van der Waals surface area contributed by atoms with E-state index in [1.165, 1.54) is 22.7 Å². The minimum absolute atomic E-state index is 0.0656. The lowest BCUT2D eigenvalue weighted by molar-refractivity contribution is 0.0979. The Morgan fingerprint density at radius 2 is 2.17 bits per heavy atom. The minimum atomic E-state index is 0.0656. The number of hydrogen-bond donors (Lipinski definition) is 0. The molecule has 0 fully saturated rings. The number of rotatable bonds is 6. The molecular weight excluding hydrogens is 266 g/mol. The molecule has 0 aliphatic rings. The first-order chi connectivity index (χ1) is 8.70. The summed E-state index contributed by atoms with van der Waals surface area (Å²) in [4.78, 5) is 29.1. The molecule has 0 N–H and O–H groups in total. The van der Waals surface area contributed by atoms with Crippen molar-refractivity contribution in [1.29, 1.82) is 0 Å². The fraction of sp³-hybridized carbons (Fsp3) is 0.308. The van der Waals surface area contributed by atoms with E-state index in [1.807, 2.05) is 24.4 Å². The van der Waals surface area contributed by atoms with Gasteiger partial charge in [0.15, 0.2) is 16.6 Å². The zero-order valence-electron chi connectivity index (χ0n) is 10.0. The zero-order chi connectivity index (χ0) is 13.0. The van der Waals surface area contributed by atoms with Gasteiger partial charge < -0.3 is 0 Å². The van der Waals surface area contributed by atoms with Crippen LogP contribution in [-0.4, -0.2) is 16.6 Å². The van der Waals surface area contributed by atoms with Crippen molar-refractivity contribution < 1.29 is 9.59 Å². The molecule has 2 aromatic rings. The van der Waals surface area contributed by atoms with Crippen molar-refractivity contribution in [1.82, 2.24) is 4.98 Å². The molecule has 18 heavy (non-hydrogen) atoms. The van der Waals surface area contributed by atoms with Crippen LogP contribution in [0.5, 0.6) is 0 Å². The Hall–Kier alpha value is -1.33. The van der Waals surface area contributed by atoms with Crippen molar-refractivity contribution in [2.24, 2.45) is 0 Å². The minimum Gasteiger partial charge on any atom is -0.293 e. The smallest absolute Gasteiger partial charge is 0.191 e. The van der Waals surface area contributed by atoms with Crippen LogP contribution in [0.3, 0.4) is 0 Å². The summed E-state index contributed by atoms with van der Waals surface area (Å²) in [5.41, 5.74) is 0. The number of thiazole rings is 1. The average molecular weight is 279 g/mol. The van der Waals surface area contributed by atoms with Crippen LogP contribution in [0.15, 0.2) is 23.7 Å². The molecular formula is C13H13NO2S2. The molecule has 3 nitrogen and oxygen atoms in total. The van der Waals surface area contributed by atoms with Gasteiger partial charge in [-0.25, -0.2) is 4.98 Å². The van der Waals surface area contributed by atoms with Crippen LogP contribution in [-0.2, 0) is 6.42 Å². The molecule has 2 heterocycles. The Bertz CT molecular complexity index is 543. The third kappa shape index (κ3) is 3.11. The van der Waals surface area contributed by atoms with Gasteiger partial charge >= 0.3 is 0 Å². The number of nitrogens with zero attached hydrogens (tertiary/aromatic N) is 1. The topological polar surface area (TPSA) is 47.0 Å². The van der Waals surface area contributed by atoms with Crippen LogP contribution in [0.1, 0.15) is 44.1 Å². The molecule has 94 valence electrons. The van der Waals surface area contributed by atoms with Gasteiger partial charge in [0.05, 0.1) is 4.88 Å². The molecule has 0 saturated heterocycles. The highest BCUT2D eigenvalue weighted by Gasteiger charge is 2.11. The van der Waals surface area contributed by atoms with Crippen LogP contribution >= 0.6 is 22.7 Å². The number of aryl methyl sites for hydroxylation is 1. The van der Waals surface area contributed by atoms with E-state index in [1.54, 1.807) is 6.20 Å². The van der Waals surface area contributed by atoms with Crippen molar-refractivity contribution in [3.8, 4) is 0 Å².